The van der Waals surface area contributed by atoms with Gasteiger partial charge in [0.2, 0.25) is 0 Å². The first-order valence-electron chi connectivity index (χ1n) is 12.5. The highest BCUT2D eigenvalue weighted by Crippen LogP contribution is 2.43. The standard InChI is InChI=1S/C26H27ClF4N2O4S/c27-23-6-3-18(12-22(23)26(29,30)31)37-17-7-9-32(10-8-17)14-16-11-24(28)21(13-20(16)15-1-2-15)25(34)33(35)38(36)19-4-5-19/h3,6,11-13,15,17,19,35H,1-2,4-5,7-10,14H2. The van der Waals surface area contributed by atoms with Crippen LogP contribution < -0.4 is 4.74 Å². The number of hydrogen-bond acceptors (Lipinski definition) is 5. The molecule has 0 radical (unpaired) electrons. The molecule has 3 aliphatic rings. The molecule has 0 aromatic heterocycles. The van der Waals surface area contributed by atoms with Crippen molar-refractivity contribution in [3.05, 3.63) is 63.4 Å². The third-order valence-corrected chi connectivity index (χ3v) is 8.98. The number of halogens is 5. The fraction of sp³-hybridized carbons (Fsp3) is 0.500. The maximum absolute atomic E-state index is 15.0. The summed E-state index contributed by atoms with van der Waals surface area (Å²) < 4.78 is 72.6. The third kappa shape index (κ3) is 6.16. The zero-order valence-corrected chi connectivity index (χ0v) is 21.9. The van der Waals surface area contributed by atoms with Crippen LogP contribution in [0.3, 0.4) is 0 Å². The molecule has 2 aromatic rings. The van der Waals surface area contributed by atoms with Gasteiger partial charge in [-0.2, -0.15) is 13.2 Å². The van der Waals surface area contributed by atoms with E-state index in [9.17, 15) is 27.4 Å². The molecule has 1 saturated heterocycles. The summed E-state index contributed by atoms with van der Waals surface area (Å²) >= 11 is 5.69. The number of amides is 1. The SMILES string of the molecule is O=C(c1cc(C2CC2)c(CN2CCC(Oc3ccc(Cl)c(C(F)(F)F)c3)CC2)cc1F)N(O)S(=O)C1CC1. The zero-order chi connectivity index (χ0) is 27.2. The predicted molar refractivity (Wildman–Crippen MR) is 133 cm³/mol. The summed E-state index contributed by atoms with van der Waals surface area (Å²) in [5, 5.41) is 9.43. The molecule has 6 nitrogen and oxygen atoms in total. The van der Waals surface area contributed by atoms with Crippen LogP contribution in [0.2, 0.25) is 5.02 Å². The van der Waals surface area contributed by atoms with Crippen LogP contribution in [-0.2, 0) is 23.7 Å². The van der Waals surface area contributed by atoms with Crippen molar-refractivity contribution in [2.45, 2.75) is 68.5 Å². The van der Waals surface area contributed by atoms with Crippen molar-refractivity contribution >= 4 is 28.5 Å². The first-order chi connectivity index (χ1) is 18.0. The number of carbonyl (C=O) groups excluding carboxylic acids is 1. The first-order valence-corrected chi connectivity index (χ1v) is 14.1. The van der Waals surface area contributed by atoms with Gasteiger partial charge in [0.25, 0.3) is 5.91 Å². The number of alkyl halides is 3. The van der Waals surface area contributed by atoms with E-state index in [1.54, 1.807) is 0 Å². The monoisotopic (exact) mass is 574 g/mol. The van der Waals surface area contributed by atoms with E-state index in [0.717, 1.165) is 30.0 Å². The van der Waals surface area contributed by atoms with Crippen LogP contribution in [0.1, 0.15) is 71.5 Å². The highest BCUT2D eigenvalue weighted by molar-refractivity contribution is 7.84. The lowest BCUT2D eigenvalue weighted by Crippen LogP contribution is -2.38. The molecule has 1 aliphatic heterocycles. The van der Waals surface area contributed by atoms with E-state index >= 15 is 4.39 Å². The van der Waals surface area contributed by atoms with Gasteiger partial charge in [-0.15, -0.1) is 4.47 Å². The maximum Gasteiger partial charge on any atom is 0.417 e. The first kappa shape index (κ1) is 27.4. The number of ether oxygens (including phenoxy) is 1. The summed E-state index contributed by atoms with van der Waals surface area (Å²) in [6.07, 6.45) is -0.541. The number of likely N-dealkylation sites (tertiary alicyclic amines) is 1. The Morgan fingerprint density at radius 1 is 1.11 bits per heavy atom. The normalized spacial score (nSPS) is 19.8. The summed E-state index contributed by atoms with van der Waals surface area (Å²) in [5.41, 5.74) is 0.370. The molecule has 1 unspecified atom stereocenters. The van der Waals surface area contributed by atoms with Gasteiger partial charge in [0.1, 0.15) is 28.7 Å². The Hall–Kier alpha value is -2.21. The highest BCUT2D eigenvalue weighted by Gasteiger charge is 2.37. The summed E-state index contributed by atoms with van der Waals surface area (Å²) in [7, 11) is -1.89. The number of hydroxylamine groups is 1. The Bertz CT molecular complexity index is 1240. The average Bonchev–Trinajstić information content (AvgIpc) is 3.78. The van der Waals surface area contributed by atoms with Crippen LogP contribution in [0, 0.1) is 5.82 Å². The Morgan fingerprint density at radius 3 is 2.39 bits per heavy atom. The van der Waals surface area contributed by atoms with Gasteiger partial charge in [-0.1, -0.05) is 11.6 Å². The molecule has 206 valence electrons. The molecule has 12 heteroatoms. The molecule has 0 bridgehead atoms. The Balaban J connectivity index is 1.23. The van der Waals surface area contributed by atoms with Gasteiger partial charge in [0.15, 0.2) is 0 Å². The molecule has 2 aromatic carbocycles. The van der Waals surface area contributed by atoms with Crippen molar-refractivity contribution in [1.29, 1.82) is 0 Å². The quantitative estimate of drug-likeness (QED) is 0.235. The topological polar surface area (TPSA) is 70.1 Å². The second-order valence-corrected chi connectivity index (χ2v) is 12.1. The van der Waals surface area contributed by atoms with Gasteiger partial charge in [0, 0.05) is 19.6 Å². The molecule has 1 heterocycles. The van der Waals surface area contributed by atoms with Crippen LogP contribution in [0.5, 0.6) is 5.75 Å². The molecule has 3 fully saturated rings. The minimum Gasteiger partial charge on any atom is -0.490 e. The van der Waals surface area contributed by atoms with Gasteiger partial charge < -0.3 is 4.74 Å². The molecule has 1 amide bonds. The van der Waals surface area contributed by atoms with Gasteiger partial charge in [0.05, 0.1) is 21.4 Å². The fourth-order valence-corrected chi connectivity index (χ4v) is 6.02. The van der Waals surface area contributed by atoms with Crippen molar-refractivity contribution in [2.24, 2.45) is 0 Å². The fourth-order valence-electron chi connectivity index (χ4n) is 4.72. The summed E-state index contributed by atoms with van der Waals surface area (Å²) in [4.78, 5) is 14.8. The lowest BCUT2D eigenvalue weighted by molar-refractivity contribution is -0.137. The zero-order valence-electron chi connectivity index (χ0n) is 20.3. The van der Waals surface area contributed by atoms with Crippen LogP contribution in [-0.4, -0.2) is 49.1 Å². The van der Waals surface area contributed by atoms with E-state index in [1.165, 1.54) is 24.3 Å². The highest BCUT2D eigenvalue weighted by atomic mass is 35.5. The number of benzene rings is 2. The predicted octanol–water partition coefficient (Wildman–Crippen LogP) is 6.08. The van der Waals surface area contributed by atoms with Crippen molar-refractivity contribution in [1.82, 2.24) is 9.37 Å². The van der Waals surface area contributed by atoms with Crippen LogP contribution >= 0.6 is 11.6 Å². The van der Waals surface area contributed by atoms with Gasteiger partial charge in [-0.05, 0) is 85.9 Å². The van der Waals surface area contributed by atoms with Crippen molar-refractivity contribution in [2.75, 3.05) is 13.1 Å². The minimum atomic E-state index is -4.57. The van der Waals surface area contributed by atoms with Gasteiger partial charge in [-0.25, -0.2) is 8.60 Å². The summed E-state index contributed by atoms with van der Waals surface area (Å²) in [6.45, 7) is 1.64. The second kappa shape index (κ2) is 10.7. The van der Waals surface area contributed by atoms with E-state index in [4.69, 9.17) is 16.3 Å². The van der Waals surface area contributed by atoms with Crippen LogP contribution in [0.15, 0.2) is 30.3 Å². The molecule has 2 aliphatic carbocycles. The lowest BCUT2D eigenvalue weighted by Gasteiger charge is -2.33. The number of carbonyl (C=O) groups is 1. The van der Waals surface area contributed by atoms with Crippen LogP contribution in [0.25, 0.3) is 0 Å². The molecule has 0 spiro atoms. The minimum absolute atomic E-state index is 0.110. The number of piperidine rings is 1. The van der Waals surface area contributed by atoms with E-state index in [-0.39, 0.29) is 38.1 Å². The van der Waals surface area contributed by atoms with E-state index in [2.05, 4.69) is 4.90 Å². The van der Waals surface area contributed by atoms with Gasteiger partial charge in [-0.3, -0.25) is 14.9 Å². The number of rotatable bonds is 8. The van der Waals surface area contributed by atoms with Crippen molar-refractivity contribution in [3.63, 3.8) is 0 Å². The summed E-state index contributed by atoms with van der Waals surface area (Å²) in [5.74, 6) is -1.47. The van der Waals surface area contributed by atoms with Crippen molar-refractivity contribution < 1.29 is 36.5 Å². The largest absolute Gasteiger partial charge is 0.490 e. The Kier molecular flexibility index (Phi) is 7.74. The maximum atomic E-state index is 15.0. The molecular weight excluding hydrogens is 548 g/mol. The Labute approximate surface area is 225 Å². The second-order valence-electron chi connectivity index (χ2n) is 10.1. The molecule has 38 heavy (non-hydrogen) atoms. The average molecular weight is 575 g/mol. The lowest BCUT2D eigenvalue weighted by atomic mass is 9.97. The molecule has 2 saturated carbocycles. The summed E-state index contributed by atoms with van der Waals surface area (Å²) in [6, 6.07) is 6.31. The molecule has 5 rings (SSSR count). The number of hydrogen-bond donors (Lipinski definition) is 1. The number of nitrogens with zero attached hydrogens (tertiary/aromatic N) is 2. The van der Waals surface area contributed by atoms with E-state index in [0.29, 0.717) is 45.3 Å². The molecule has 1 atom stereocenters. The van der Waals surface area contributed by atoms with E-state index in [1.807, 2.05) is 0 Å². The van der Waals surface area contributed by atoms with Crippen LogP contribution in [0.4, 0.5) is 17.6 Å². The molecule has 1 N–H and O–H groups in total. The third-order valence-electron chi connectivity index (χ3n) is 7.10. The van der Waals surface area contributed by atoms with E-state index < -0.39 is 34.4 Å². The van der Waals surface area contributed by atoms with Crippen molar-refractivity contribution in [3.8, 4) is 5.75 Å². The Morgan fingerprint density at radius 2 is 1.79 bits per heavy atom. The van der Waals surface area contributed by atoms with Gasteiger partial charge >= 0.3 is 6.18 Å². The molecular formula is C26H27ClF4N2O4S. The smallest absolute Gasteiger partial charge is 0.417 e.